The van der Waals surface area contributed by atoms with Gasteiger partial charge in [0.25, 0.3) is 0 Å². The number of esters is 1. The smallest absolute Gasteiger partial charge is 0.356 e. The number of rotatable bonds is 6. The van der Waals surface area contributed by atoms with E-state index in [-0.39, 0.29) is 30.1 Å². The van der Waals surface area contributed by atoms with Gasteiger partial charge in [0.05, 0.1) is 13.2 Å². The van der Waals surface area contributed by atoms with Crippen LogP contribution in [0, 0.1) is 5.41 Å². The molecule has 0 saturated carbocycles. The second kappa shape index (κ2) is 6.40. The maximum atomic E-state index is 11.5. The molecule has 0 aliphatic carbocycles. The minimum atomic E-state index is -1.17. The van der Waals surface area contributed by atoms with Gasteiger partial charge in [-0.2, -0.15) is 5.10 Å². The largest absolute Gasteiger partial charge is 0.477 e. The van der Waals surface area contributed by atoms with E-state index in [2.05, 4.69) is 5.10 Å². The third-order valence-corrected chi connectivity index (χ3v) is 2.20. The van der Waals surface area contributed by atoms with Gasteiger partial charge in [-0.3, -0.25) is 4.79 Å². The van der Waals surface area contributed by atoms with Gasteiger partial charge in [-0.15, -0.1) is 0 Å². The summed E-state index contributed by atoms with van der Waals surface area (Å²) in [6.45, 7) is 8.09. The quantitative estimate of drug-likeness (QED) is 0.797. The minimum absolute atomic E-state index is 0.0948. The van der Waals surface area contributed by atoms with Crippen molar-refractivity contribution in [2.24, 2.45) is 5.41 Å². The number of aromatic carboxylic acids is 1. The lowest BCUT2D eigenvalue weighted by Crippen LogP contribution is -2.20. The molecule has 0 amide bonds. The summed E-state index contributed by atoms with van der Waals surface area (Å²) in [7, 11) is 0. The number of carbonyl (C=O) groups is 2. The molecule has 0 aromatic carbocycles. The first-order valence-corrected chi connectivity index (χ1v) is 6.32. The Kier molecular flexibility index (Phi) is 5.12. The van der Waals surface area contributed by atoms with Gasteiger partial charge in [-0.25, -0.2) is 9.48 Å². The van der Waals surface area contributed by atoms with Crippen LogP contribution in [0.4, 0.5) is 0 Å². The van der Waals surface area contributed by atoms with Crippen molar-refractivity contribution in [3.63, 3.8) is 0 Å². The van der Waals surface area contributed by atoms with E-state index >= 15 is 0 Å². The molecule has 0 aliphatic rings. The Morgan fingerprint density at radius 2 is 2.05 bits per heavy atom. The molecular weight excluding hydrogens is 264 g/mol. The van der Waals surface area contributed by atoms with Crippen molar-refractivity contribution in [3.05, 3.63) is 11.8 Å². The maximum Gasteiger partial charge on any atom is 0.356 e. The Balaban J connectivity index is 2.89. The predicted octanol–water partition coefficient (Wildman–Crippen LogP) is 1.57. The van der Waals surface area contributed by atoms with Crippen molar-refractivity contribution in [1.29, 1.82) is 0 Å². The zero-order chi connectivity index (χ0) is 15.3. The van der Waals surface area contributed by atoms with E-state index in [1.54, 1.807) is 6.92 Å². The van der Waals surface area contributed by atoms with Crippen LogP contribution in [-0.2, 0) is 16.1 Å². The van der Waals surface area contributed by atoms with Gasteiger partial charge in [0.15, 0.2) is 5.69 Å². The molecule has 0 bridgehead atoms. The summed E-state index contributed by atoms with van der Waals surface area (Å²) in [5, 5.41) is 12.8. The molecule has 0 saturated heterocycles. The van der Waals surface area contributed by atoms with E-state index in [4.69, 9.17) is 14.6 Å². The molecule has 7 heteroatoms. The molecule has 7 nitrogen and oxygen atoms in total. The molecule has 0 radical (unpaired) electrons. The summed E-state index contributed by atoms with van der Waals surface area (Å²) < 4.78 is 11.6. The third-order valence-electron chi connectivity index (χ3n) is 2.20. The normalized spacial score (nSPS) is 11.2. The van der Waals surface area contributed by atoms with Crippen LogP contribution in [0.25, 0.3) is 0 Å². The average molecular weight is 284 g/mol. The third kappa shape index (κ3) is 4.91. The predicted molar refractivity (Wildman–Crippen MR) is 70.8 cm³/mol. The molecule has 1 aromatic rings. The van der Waals surface area contributed by atoms with Crippen molar-refractivity contribution in [1.82, 2.24) is 9.78 Å². The van der Waals surface area contributed by atoms with E-state index in [1.807, 2.05) is 20.8 Å². The summed E-state index contributed by atoms with van der Waals surface area (Å²) in [4.78, 5) is 22.4. The molecule has 1 rings (SSSR count). The molecule has 20 heavy (non-hydrogen) atoms. The summed E-state index contributed by atoms with van der Waals surface area (Å²) in [5.41, 5.74) is -0.263. The van der Waals surface area contributed by atoms with Gasteiger partial charge >= 0.3 is 11.9 Å². The van der Waals surface area contributed by atoms with Crippen molar-refractivity contribution in [3.8, 4) is 5.88 Å². The lowest BCUT2D eigenvalue weighted by atomic mass is 9.99. The highest BCUT2D eigenvalue weighted by Crippen LogP contribution is 2.19. The van der Waals surface area contributed by atoms with E-state index in [0.717, 1.165) is 0 Å². The lowest BCUT2D eigenvalue weighted by Gasteiger charge is -2.18. The van der Waals surface area contributed by atoms with E-state index < -0.39 is 11.9 Å². The first-order chi connectivity index (χ1) is 9.23. The molecule has 112 valence electrons. The Hall–Kier alpha value is -2.05. The minimum Gasteiger partial charge on any atom is -0.477 e. The number of ether oxygens (including phenoxy) is 2. The second-order valence-corrected chi connectivity index (χ2v) is 5.48. The number of nitrogens with zero attached hydrogens (tertiary/aromatic N) is 2. The number of carboxylic acid groups (broad SMARTS) is 1. The van der Waals surface area contributed by atoms with E-state index in [1.165, 1.54) is 10.7 Å². The Morgan fingerprint density at radius 1 is 1.40 bits per heavy atom. The number of carbonyl (C=O) groups excluding carboxylic acids is 1. The summed E-state index contributed by atoms with van der Waals surface area (Å²) in [5.74, 6) is -1.42. The molecule has 0 atom stereocenters. The first-order valence-electron chi connectivity index (χ1n) is 6.32. The fraction of sp³-hybridized carbons (Fsp3) is 0.615. The molecule has 0 unspecified atom stereocenters. The number of aromatic nitrogens is 2. The SMILES string of the molecule is CCOC(=O)Cn1nc(C(=O)O)cc1OCC(C)(C)C. The molecule has 0 aliphatic heterocycles. The van der Waals surface area contributed by atoms with Crippen LogP contribution >= 0.6 is 0 Å². The molecule has 1 heterocycles. The molecular formula is C13H20N2O5. The number of carboxylic acids is 1. The van der Waals surface area contributed by atoms with Crippen LogP contribution in [-0.4, -0.2) is 40.0 Å². The van der Waals surface area contributed by atoms with Crippen LogP contribution in [0.15, 0.2) is 6.07 Å². The van der Waals surface area contributed by atoms with E-state index in [0.29, 0.717) is 6.61 Å². The highest BCUT2D eigenvalue weighted by molar-refractivity contribution is 5.85. The van der Waals surface area contributed by atoms with Crippen molar-refractivity contribution in [2.45, 2.75) is 34.2 Å². The summed E-state index contributed by atoms with van der Waals surface area (Å²) in [6.07, 6.45) is 0. The molecule has 1 N–H and O–H groups in total. The average Bonchev–Trinajstić information content (AvgIpc) is 2.69. The van der Waals surface area contributed by atoms with Crippen LogP contribution in [0.1, 0.15) is 38.2 Å². The van der Waals surface area contributed by atoms with Gasteiger partial charge in [-0.1, -0.05) is 20.8 Å². The van der Waals surface area contributed by atoms with Crippen LogP contribution in [0.3, 0.4) is 0 Å². The Bertz CT molecular complexity index is 487. The zero-order valence-corrected chi connectivity index (χ0v) is 12.2. The zero-order valence-electron chi connectivity index (χ0n) is 12.2. The topological polar surface area (TPSA) is 90.7 Å². The fourth-order valence-corrected chi connectivity index (χ4v) is 1.35. The Labute approximate surface area is 117 Å². The highest BCUT2D eigenvalue weighted by Gasteiger charge is 2.19. The summed E-state index contributed by atoms with van der Waals surface area (Å²) >= 11 is 0. The second-order valence-electron chi connectivity index (χ2n) is 5.48. The van der Waals surface area contributed by atoms with Crippen molar-refractivity contribution in [2.75, 3.05) is 13.2 Å². The van der Waals surface area contributed by atoms with Crippen LogP contribution in [0.5, 0.6) is 5.88 Å². The monoisotopic (exact) mass is 284 g/mol. The highest BCUT2D eigenvalue weighted by atomic mass is 16.5. The standard InChI is InChI=1S/C13H20N2O5/c1-5-19-11(16)7-15-10(20-8-13(2,3)4)6-9(14-15)12(17)18/h6H,5,7-8H2,1-4H3,(H,17,18). The molecule has 0 spiro atoms. The van der Waals surface area contributed by atoms with Crippen LogP contribution < -0.4 is 4.74 Å². The molecule has 1 aromatic heterocycles. The Morgan fingerprint density at radius 3 is 2.55 bits per heavy atom. The van der Waals surface area contributed by atoms with Crippen molar-refractivity contribution < 1.29 is 24.2 Å². The first kappa shape index (κ1) is 16.0. The molecule has 0 fully saturated rings. The fourth-order valence-electron chi connectivity index (χ4n) is 1.35. The van der Waals surface area contributed by atoms with Crippen molar-refractivity contribution >= 4 is 11.9 Å². The van der Waals surface area contributed by atoms with Gasteiger partial charge in [0.2, 0.25) is 5.88 Å². The van der Waals surface area contributed by atoms with E-state index in [9.17, 15) is 9.59 Å². The van der Waals surface area contributed by atoms with Gasteiger partial charge < -0.3 is 14.6 Å². The number of hydrogen-bond donors (Lipinski definition) is 1. The van der Waals surface area contributed by atoms with Gasteiger partial charge in [-0.05, 0) is 12.3 Å². The lowest BCUT2D eigenvalue weighted by molar-refractivity contribution is -0.144. The van der Waals surface area contributed by atoms with Gasteiger partial charge in [0.1, 0.15) is 6.54 Å². The van der Waals surface area contributed by atoms with Gasteiger partial charge in [0, 0.05) is 6.07 Å². The summed E-state index contributed by atoms with van der Waals surface area (Å²) in [6, 6.07) is 1.30. The number of hydrogen-bond acceptors (Lipinski definition) is 5. The van der Waals surface area contributed by atoms with Crippen LogP contribution in [0.2, 0.25) is 0 Å². The maximum absolute atomic E-state index is 11.5.